The van der Waals surface area contributed by atoms with Crippen LogP contribution in [-0.4, -0.2) is 17.2 Å². The minimum Gasteiger partial charge on any atom is -0.457 e. The van der Waals surface area contributed by atoms with Crippen LogP contribution in [0.5, 0.6) is 11.5 Å². The average molecular weight is 385 g/mol. The molecule has 1 N–H and O–H groups in total. The van der Waals surface area contributed by atoms with Gasteiger partial charge in [0.25, 0.3) is 0 Å². The molecule has 140 valence electrons. The molecule has 2 aliphatic carbocycles. The average Bonchev–Trinajstić information content (AvgIpc) is 2.93. The van der Waals surface area contributed by atoms with Crippen LogP contribution in [0.4, 0.5) is 26.3 Å². The molecule has 0 aliphatic heterocycles. The van der Waals surface area contributed by atoms with Crippen molar-refractivity contribution < 1.29 is 36.2 Å². The van der Waals surface area contributed by atoms with E-state index in [1.54, 1.807) is 6.07 Å². The predicted octanol–water partition coefficient (Wildman–Crippen LogP) is 4.31. The summed E-state index contributed by atoms with van der Waals surface area (Å²) in [6.45, 7) is 0. The van der Waals surface area contributed by atoms with Crippen LogP contribution in [0.25, 0.3) is 0 Å². The van der Waals surface area contributed by atoms with Gasteiger partial charge in [-0.1, -0.05) is 0 Å². The monoisotopic (exact) mass is 385 g/mol. The Bertz CT molecular complexity index is 1020. The van der Waals surface area contributed by atoms with Crippen molar-refractivity contribution >= 4 is 0 Å². The van der Waals surface area contributed by atoms with E-state index < -0.39 is 47.0 Å². The zero-order chi connectivity index (χ0) is 19.8. The lowest BCUT2D eigenvalue weighted by Gasteiger charge is -2.31. The van der Waals surface area contributed by atoms with E-state index in [0.29, 0.717) is 6.07 Å². The third-order valence-corrected chi connectivity index (χ3v) is 4.93. The van der Waals surface area contributed by atoms with Gasteiger partial charge in [0.05, 0.1) is 11.6 Å². The van der Waals surface area contributed by atoms with Crippen LogP contribution in [0.3, 0.4) is 0 Å². The first kappa shape index (κ1) is 17.7. The van der Waals surface area contributed by atoms with Gasteiger partial charge in [-0.25, -0.2) is 8.78 Å². The molecule has 2 aliphatic rings. The molecule has 0 heterocycles. The van der Waals surface area contributed by atoms with Gasteiger partial charge in [-0.15, -0.1) is 0 Å². The van der Waals surface area contributed by atoms with Gasteiger partial charge in [-0.05, 0) is 24.3 Å². The van der Waals surface area contributed by atoms with Gasteiger partial charge in [0.2, 0.25) is 0 Å². The van der Waals surface area contributed by atoms with E-state index in [-0.39, 0.29) is 22.6 Å². The molecule has 2 aromatic carbocycles. The predicted molar refractivity (Wildman–Crippen MR) is 79.0 cm³/mol. The Kier molecular flexibility index (Phi) is 3.38. The van der Waals surface area contributed by atoms with E-state index in [2.05, 4.69) is 0 Å². The molecule has 4 rings (SSSR count). The largest absolute Gasteiger partial charge is 0.457 e. The Labute approximate surface area is 148 Å². The van der Waals surface area contributed by atoms with Gasteiger partial charge in [0, 0.05) is 29.2 Å². The molecule has 0 amide bonds. The molecular formula is C18H9F6NO2. The van der Waals surface area contributed by atoms with Crippen molar-refractivity contribution in [2.45, 2.75) is 30.0 Å². The summed E-state index contributed by atoms with van der Waals surface area (Å²) in [4.78, 5) is 0. The third kappa shape index (κ3) is 2.02. The summed E-state index contributed by atoms with van der Waals surface area (Å²) < 4.78 is 89.8. The van der Waals surface area contributed by atoms with E-state index in [0.717, 1.165) is 24.3 Å². The summed E-state index contributed by atoms with van der Waals surface area (Å²) in [6.07, 6.45) is -3.46. The second-order valence-electron chi connectivity index (χ2n) is 6.44. The Hall–Kier alpha value is -2.73. The minimum atomic E-state index is -5.04. The second kappa shape index (κ2) is 5.16. The lowest BCUT2D eigenvalue weighted by atomic mass is 9.93. The molecular weight excluding hydrogens is 376 g/mol. The van der Waals surface area contributed by atoms with Crippen molar-refractivity contribution in [1.82, 2.24) is 0 Å². The normalized spacial score (nSPS) is 26.5. The molecule has 0 saturated heterocycles. The van der Waals surface area contributed by atoms with Crippen LogP contribution in [-0.2, 0) is 17.9 Å². The number of halogens is 6. The van der Waals surface area contributed by atoms with Crippen molar-refractivity contribution in [3.05, 3.63) is 58.4 Å². The van der Waals surface area contributed by atoms with Crippen LogP contribution < -0.4 is 4.74 Å². The minimum absolute atomic E-state index is 0.0967. The molecule has 2 aromatic rings. The van der Waals surface area contributed by atoms with E-state index in [4.69, 9.17) is 10.00 Å². The highest BCUT2D eigenvalue weighted by Crippen LogP contribution is 2.66. The number of aliphatic hydroxyl groups is 1. The van der Waals surface area contributed by atoms with Crippen molar-refractivity contribution in [3.8, 4) is 17.6 Å². The molecule has 9 heteroatoms. The Morgan fingerprint density at radius 2 is 1.85 bits per heavy atom. The fraction of sp³-hybridized carbons (Fsp3) is 0.278. The number of benzene rings is 2. The Morgan fingerprint density at radius 1 is 1.15 bits per heavy atom. The van der Waals surface area contributed by atoms with Crippen LogP contribution in [0, 0.1) is 17.1 Å². The van der Waals surface area contributed by atoms with Crippen molar-refractivity contribution in [1.29, 1.82) is 5.26 Å². The fourth-order valence-electron chi connectivity index (χ4n) is 3.68. The molecule has 0 radical (unpaired) electrons. The van der Waals surface area contributed by atoms with Crippen molar-refractivity contribution in [3.63, 3.8) is 0 Å². The maximum atomic E-state index is 14.3. The first-order valence-electron chi connectivity index (χ1n) is 7.71. The molecule has 0 saturated carbocycles. The van der Waals surface area contributed by atoms with Crippen LogP contribution in [0.2, 0.25) is 0 Å². The van der Waals surface area contributed by atoms with E-state index >= 15 is 0 Å². The van der Waals surface area contributed by atoms with Gasteiger partial charge in [-0.2, -0.15) is 22.8 Å². The SMILES string of the molecule is N#Cc1cc(F)cc(Oc2ccc3c4c2CC(F)C4(O)C(F)(F)C3(F)F)c1. The number of ether oxygens (including phenoxy) is 1. The highest BCUT2D eigenvalue weighted by Gasteiger charge is 2.81. The zero-order valence-corrected chi connectivity index (χ0v) is 13.2. The summed E-state index contributed by atoms with van der Waals surface area (Å²) in [6, 6.07) is 6.19. The number of alkyl halides is 5. The number of hydrogen-bond donors (Lipinski definition) is 1. The summed E-state index contributed by atoms with van der Waals surface area (Å²) in [5, 5.41) is 19.0. The molecule has 3 nitrogen and oxygen atoms in total. The van der Waals surface area contributed by atoms with Gasteiger partial charge < -0.3 is 9.84 Å². The highest BCUT2D eigenvalue weighted by atomic mass is 19.3. The maximum absolute atomic E-state index is 14.3. The summed E-state index contributed by atoms with van der Waals surface area (Å²) in [5.41, 5.74) is -6.20. The van der Waals surface area contributed by atoms with Crippen molar-refractivity contribution in [2.75, 3.05) is 0 Å². The van der Waals surface area contributed by atoms with E-state index in [1.807, 2.05) is 0 Å². The quantitative estimate of drug-likeness (QED) is 0.784. The first-order valence-corrected chi connectivity index (χ1v) is 7.71. The fourth-order valence-corrected chi connectivity index (χ4v) is 3.68. The smallest absolute Gasteiger partial charge is 0.349 e. The van der Waals surface area contributed by atoms with Gasteiger partial charge >= 0.3 is 11.8 Å². The molecule has 2 unspecified atom stereocenters. The number of nitrogens with zero attached hydrogens (tertiary/aromatic N) is 1. The Balaban J connectivity index is 1.87. The standard InChI is InChI=1S/C18H9F6NO2/c19-9-3-8(7-25)4-10(5-9)27-13-2-1-12-15-11(13)6-14(20)16(15,26)18(23,24)17(12,21)22/h1-5,14,26H,6H2. The van der Waals surface area contributed by atoms with E-state index in [1.165, 1.54) is 0 Å². The number of hydrogen-bond acceptors (Lipinski definition) is 3. The maximum Gasteiger partial charge on any atom is 0.349 e. The van der Waals surface area contributed by atoms with Crippen molar-refractivity contribution in [2.24, 2.45) is 0 Å². The lowest BCUT2D eigenvalue weighted by Crippen LogP contribution is -2.53. The molecule has 0 bridgehead atoms. The summed E-state index contributed by atoms with van der Waals surface area (Å²) in [5.74, 6) is -11.1. The lowest BCUT2D eigenvalue weighted by molar-refractivity contribution is -0.298. The topological polar surface area (TPSA) is 53.2 Å². The highest BCUT2D eigenvalue weighted by molar-refractivity contribution is 5.60. The van der Waals surface area contributed by atoms with Crippen LogP contribution >= 0.6 is 0 Å². The molecule has 27 heavy (non-hydrogen) atoms. The van der Waals surface area contributed by atoms with Crippen LogP contribution in [0.1, 0.15) is 22.3 Å². The van der Waals surface area contributed by atoms with Gasteiger partial charge in [0.1, 0.15) is 23.5 Å². The number of rotatable bonds is 2. The summed E-state index contributed by atoms with van der Waals surface area (Å²) in [7, 11) is 0. The van der Waals surface area contributed by atoms with Crippen LogP contribution in [0.15, 0.2) is 30.3 Å². The summed E-state index contributed by atoms with van der Waals surface area (Å²) >= 11 is 0. The second-order valence-corrected chi connectivity index (χ2v) is 6.44. The molecule has 0 aromatic heterocycles. The third-order valence-electron chi connectivity index (χ3n) is 4.93. The Morgan fingerprint density at radius 3 is 2.52 bits per heavy atom. The molecule has 0 spiro atoms. The van der Waals surface area contributed by atoms with Gasteiger partial charge in [0.15, 0.2) is 5.60 Å². The number of nitriles is 1. The molecule has 2 atom stereocenters. The van der Waals surface area contributed by atoms with E-state index in [9.17, 15) is 31.4 Å². The van der Waals surface area contributed by atoms with Gasteiger partial charge in [-0.3, -0.25) is 0 Å². The molecule has 0 fully saturated rings. The first-order chi connectivity index (χ1) is 12.5. The zero-order valence-electron chi connectivity index (χ0n) is 13.2.